The molecule has 0 aliphatic rings. The molecule has 3 N–H and O–H groups in total. The Kier molecular flexibility index (Phi) is 8.75. The minimum absolute atomic E-state index is 0.0601. The van der Waals surface area contributed by atoms with Crippen LogP contribution in [-0.2, 0) is 34.1 Å². The highest BCUT2D eigenvalue weighted by Crippen LogP contribution is 2.34. The van der Waals surface area contributed by atoms with Crippen molar-refractivity contribution in [1.29, 1.82) is 0 Å². The molecule has 212 valence electrons. The molecule has 0 spiro atoms. The zero-order valence-electron chi connectivity index (χ0n) is 23.4. The van der Waals surface area contributed by atoms with Crippen molar-refractivity contribution in [3.8, 4) is 11.1 Å². The Morgan fingerprint density at radius 3 is 2.40 bits per heavy atom. The van der Waals surface area contributed by atoms with Crippen LogP contribution in [0.15, 0.2) is 53.1 Å². The summed E-state index contributed by atoms with van der Waals surface area (Å²) in [6.07, 6.45) is 2.24. The molecule has 0 aliphatic heterocycles. The lowest BCUT2D eigenvalue weighted by Crippen LogP contribution is -2.23. The maximum Gasteiger partial charge on any atom is 0.267 e. The van der Waals surface area contributed by atoms with E-state index in [1.165, 1.54) is 7.11 Å². The Labute approximate surface area is 234 Å². The number of aromatic nitrogens is 3. The summed E-state index contributed by atoms with van der Waals surface area (Å²) in [5, 5.41) is 3.82. The molecule has 0 bridgehead atoms. The number of nitrogens with zero attached hydrogens (tertiary/aromatic N) is 3. The monoisotopic (exact) mass is 565 g/mol. The number of carbonyl (C=O) groups excluding carboxylic acids is 1. The summed E-state index contributed by atoms with van der Waals surface area (Å²) in [6.45, 7) is 7.93. The van der Waals surface area contributed by atoms with Crippen LogP contribution in [-0.4, -0.2) is 36.1 Å². The zero-order valence-corrected chi connectivity index (χ0v) is 24.2. The number of imidazole rings is 1. The first-order valence-electron chi connectivity index (χ1n) is 13.1. The highest BCUT2D eigenvalue weighted by Gasteiger charge is 2.31. The van der Waals surface area contributed by atoms with E-state index in [0.717, 1.165) is 29.8 Å². The Morgan fingerprint density at radius 1 is 1.12 bits per heavy atom. The van der Waals surface area contributed by atoms with E-state index < -0.39 is 21.4 Å². The summed E-state index contributed by atoms with van der Waals surface area (Å²) < 4.78 is 41.8. The minimum Gasteiger partial charge on any atom is -0.364 e. The molecule has 0 aliphatic carbocycles. The van der Waals surface area contributed by atoms with Gasteiger partial charge in [0.1, 0.15) is 11.5 Å². The second-order valence-electron chi connectivity index (χ2n) is 9.60. The van der Waals surface area contributed by atoms with E-state index in [4.69, 9.17) is 15.0 Å². The fourth-order valence-corrected chi connectivity index (χ4v) is 6.06. The van der Waals surface area contributed by atoms with Gasteiger partial charge in [0.15, 0.2) is 0 Å². The second kappa shape index (κ2) is 12.1. The van der Waals surface area contributed by atoms with Crippen LogP contribution >= 0.6 is 0 Å². The molecule has 10 nitrogen and oxygen atoms in total. The van der Waals surface area contributed by atoms with E-state index in [1.54, 1.807) is 26.0 Å². The third kappa shape index (κ3) is 5.80. The summed E-state index contributed by atoms with van der Waals surface area (Å²) in [7, 11) is -2.70. The van der Waals surface area contributed by atoms with E-state index in [0.29, 0.717) is 46.7 Å². The molecule has 2 aromatic carbocycles. The average Bonchev–Trinajstić information content (AvgIpc) is 3.44. The second-order valence-corrected chi connectivity index (χ2v) is 11.3. The predicted molar refractivity (Wildman–Crippen MR) is 153 cm³/mol. The first-order chi connectivity index (χ1) is 19.1. The Balaban J connectivity index is 1.66. The number of nitrogens with one attached hydrogen (secondary N) is 1. The number of rotatable bonds is 12. The van der Waals surface area contributed by atoms with Gasteiger partial charge in [-0.2, -0.15) is 0 Å². The number of ether oxygens (including phenoxy) is 1. The molecule has 2 aromatic heterocycles. The molecule has 40 heavy (non-hydrogen) atoms. The number of anilines is 1. The van der Waals surface area contributed by atoms with Crippen LogP contribution in [0.3, 0.4) is 0 Å². The zero-order chi connectivity index (χ0) is 29.0. The minimum atomic E-state index is -4.05. The summed E-state index contributed by atoms with van der Waals surface area (Å²) in [6, 6.07) is 14.9. The number of aryl methyl sites for hydroxylation is 3. The van der Waals surface area contributed by atoms with E-state index in [9.17, 15) is 13.2 Å². The van der Waals surface area contributed by atoms with Crippen molar-refractivity contribution < 1.29 is 22.5 Å². The molecule has 0 saturated heterocycles. The van der Waals surface area contributed by atoms with Crippen molar-refractivity contribution in [2.75, 3.05) is 11.8 Å². The number of amides is 1. The number of primary amides is 1. The first kappa shape index (κ1) is 29.0. The molecule has 1 amide bonds. The number of carbonyl (C=O) groups is 1. The molecular formula is C29H35N5O5S. The number of benzene rings is 2. The normalized spacial score (nSPS) is 12.4. The maximum atomic E-state index is 13.4. The van der Waals surface area contributed by atoms with E-state index in [-0.39, 0.29) is 5.88 Å². The molecular weight excluding hydrogens is 530 g/mol. The number of sulfonamides is 1. The van der Waals surface area contributed by atoms with Gasteiger partial charge in [0.25, 0.3) is 15.9 Å². The van der Waals surface area contributed by atoms with Gasteiger partial charge < -0.3 is 19.6 Å². The molecule has 4 rings (SSSR count). The average molecular weight is 566 g/mol. The van der Waals surface area contributed by atoms with Crippen molar-refractivity contribution >= 4 is 21.8 Å². The molecule has 2 heterocycles. The summed E-state index contributed by atoms with van der Waals surface area (Å²) in [4.78, 5) is 17.0. The molecule has 11 heteroatoms. The van der Waals surface area contributed by atoms with Crippen molar-refractivity contribution in [2.45, 2.75) is 58.9 Å². The van der Waals surface area contributed by atoms with Crippen LogP contribution in [0.4, 0.5) is 5.88 Å². The van der Waals surface area contributed by atoms with Gasteiger partial charge in [-0.1, -0.05) is 67.5 Å². The van der Waals surface area contributed by atoms with Crippen molar-refractivity contribution in [2.24, 2.45) is 5.73 Å². The van der Waals surface area contributed by atoms with Gasteiger partial charge in [-0.15, -0.1) is 0 Å². The Hall–Kier alpha value is -3.96. The lowest BCUT2D eigenvalue weighted by molar-refractivity contribution is 0.0990. The van der Waals surface area contributed by atoms with Crippen LogP contribution in [0.1, 0.15) is 70.1 Å². The van der Waals surface area contributed by atoms with Gasteiger partial charge in [0, 0.05) is 31.2 Å². The number of hydrogen-bond donors (Lipinski definition) is 2. The number of methoxy groups -OCH3 is 1. The Bertz CT molecular complexity index is 1610. The fraction of sp³-hybridized carbons (Fsp3) is 0.345. The van der Waals surface area contributed by atoms with Crippen LogP contribution in [0.25, 0.3) is 11.1 Å². The van der Waals surface area contributed by atoms with E-state index >= 15 is 0 Å². The third-order valence-corrected chi connectivity index (χ3v) is 8.35. The van der Waals surface area contributed by atoms with Gasteiger partial charge in [-0.25, -0.2) is 18.1 Å². The van der Waals surface area contributed by atoms with Gasteiger partial charge in [0.2, 0.25) is 11.3 Å². The van der Waals surface area contributed by atoms with Gasteiger partial charge in [-0.3, -0.25) is 4.79 Å². The highest BCUT2D eigenvalue weighted by molar-refractivity contribution is 7.92. The highest BCUT2D eigenvalue weighted by atomic mass is 32.2. The molecule has 0 fully saturated rings. The lowest BCUT2D eigenvalue weighted by Gasteiger charge is -2.20. The molecule has 0 saturated carbocycles. The van der Waals surface area contributed by atoms with Gasteiger partial charge in [0.05, 0.1) is 11.4 Å². The topological polar surface area (TPSA) is 142 Å². The third-order valence-electron chi connectivity index (χ3n) is 6.87. The van der Waals surface area contributed by atoms with Gasteiger partial charge >= 0.3 is 0 Å². The first-order valence-corrected chi connectivity index (χ1v) is 14.7. The predicted octanol–water partition coefficient (Wildman–Crippen LogP) is 4.90. The number of hydrogen-bond acceptors (Lipinski definition) is 7. The van der Waals surface area contributed by atoms with Crippen LogP contribution < -0.4 is 10.5 Å². The smallest absolute Gasteiger partial charge is 0.267 e. The molecule has 1 atom stereocenters. The van der Waals surface area contributed by atoms with Gasteiger partial charge in [-0.05, 0) is 43.4 Å². The summed E-state index contributed by atoms with van der Waals surface area (Å²) in [5.74, 6) is 0.402. The molecule has 4 aromatic rings. The van der Waals surface area contributed by atoms with Crippen LogP contribution in [0, 0.1) is 13.8 Å². The fourth-order valence-electron chi connectivity index (χ4n) is 4.71. The largest absolute Gasteiger partial charge is 0.364 e. The quantitative estimate of drug-likeness (QED) is 0.249. The lowest BCUT2D eigenvalue weighted by atomic mass is 9.99. The number of nitrogens with two attached hydrogens (primary N) is 1. The van der Waals surface area contributed by atoms with Crippen molar-refractivity contribution in [3.05, 3.63) is 88.1 Å². The van der Waals surface area contributed by atoms with Crippen molar-refractivity contribution in [3.63, 3.8) is 0 Å². The van der Waals surface area contributed by atoms with Crippen molar-refractivity contribution in [1.82, 2.24) is 14.7 Å². The van der Waals surface area contributed by atoms with Crippen LogP contribution in [0.2, 0.25) is 0 Å². The standard InChI is InChI=1S/C29H35N5O5S/c1-6-10-25-31-24(7-2)26(27(30)35)34(25)17-20-13-15-21(16-14-20)22-11-8-9-12-23(22)29(38-5)40(36,37)33-28-18(3)19(4)32-39-28/h8-9,11-16,29,33H,6-7,10,17H2,1-5H3,(H2,30,35). The summed E-state index contributed by atoms with van der Waals surface area (Å²) in [5.41, 5.74) is 9.72. The van der Waals surface area contributed by atoms with Crippen LogP contribution in [0.5, 0.6) is 0 Å². The molecule has 0 radical (unpaired) electrons. The SMILES string of the molecule is CCCc1nc(CC)c(C(N)=O)n1Cc1ccc(-c2ccccc2C(OC)S(=O)(=O)Nc2onc(C)c2C)cc1. The summed E-state index contributed by atoms with van der Waals surface area (Å²) >= 11 is 0. The Morgan fingerprint density at radius 2 is 1.82 bits per heavy atom. The van der Waals surface area contributed by atoms with E-state index in [1.807, 2.05) is 47.9 Å². The molecule has 1 unspecified atom stereocenters. The van der Waals surface area contributed by atoms with E-state index in [2.05, 4.69) is 21.8 Å². The maximum absolute atomic E-state index is 13.4.